The van der Waals surface area contributed by atoms with Gasteiger partial charge < -0.3 is 0 Å². The summed E-state index contributed by atoms with van der Waals surface area (Å²) in [7, 11) is 0. The van der Waals surface area contributed by atoms with Crippen molar-refractivity contribution in [1.29, 1.82) is 0 Å². The Hall–Kier alpha value is -1.70. The van der Waals surface area contributed by atoms with Crippen LogP contribution in [-0.2, 0) is 9.59 Å². The van der Waals surface area contributed by atoms with Crippen molar-refractivity contribution >= 4 is 11.6 Å². The first kappa shape index (κ1) is 10.8. The van der Waals surface area contributed by atoms with E-state index in [1.54, 1.807) is 24.3 Å². The summed E-state index contributed by atoms with van der Waals surface area (Å²) in [5.74, 6) is 0.254. The zero-order valence-corrected chi connectivity index (χ0v) is 8.95. The maximum atomic E-state index is 11.1. The molecule has 2 rings (SSSR count). The van der Waals surface area contributed by atoms with Crippen LogP contribution in [0.3, 0.4) is 0 Å². The average molecular weight is 212 g/mol. The van der Waals surface area contributed by atoms with E-state index in [-0.39, 0.29) is 11.6 Å². The van der Waals surface area contributed by atoms with Gasteiger partial charge in [0.2, 0.25) is 0 Å². The molecule has 80 valence electrons. The molecule has 0 N–H and O–H groups in total. The summed E-state index contributed by atoms with van der Waals surface area (Å²) in [6, 6.07) is 0. The molecule has 0 aromatic heterocycles. The fourth-order valence-corrected chi connectivity index (χ4v) is 1.71. The topological polar surface area (TPSA) is 34.1 Å². The van der Waals surface area contributed by atoms with Crippen LogP contribution in [0, 0.1) is 12.2 Å². The monoisotopic (exact) mass is 212 g/mol. The van der Waals surface area contributed by atoms with Gasteiger partial charge in [-0.05, 0) is 48.3 Å². The normalized spacial score (nSPS) is 19.8. The van der Waals surface area contributed by atoms with Crippen LogP contribution in [0.1, 0.15) is 25.7 Å². The first-order chi connectivity index (χ1) is 7.74. The van der Waals surface area contributed by atoms with Crippen LogP contribution in [0.25, 0.3) is 0 Å². The average Bonchev–Trinajstić information content (AvgIpc) is 2.27. The zero-order valence-electron chi connectivity index (χ0n) is 8.95. The number of carbonyl (C=O) groups is 2. The number of rotatable bonds is 3. The Morgan fingerprint density at radius 2 is 1.31 bits per heavy atom. The molecular weight excluding hydrogens is 200 g/mol. The summed E-state index contributed by atoms with van der Waals surface area (Å²) in [5, 5.41) is 0. The lowest BCUT2D eigenvalue weighted by atomic mass is 9.96. The number of ketones is 2. The van der Waals surface area contributed by atoms with Crippen LogP contribution in [0.2, 0.25) is 0 Å². The molecule has 2 aliphatic rings. The lowest BCUT2D eigenvalue weighted by molar-refractivity contribution is -0.114. The van der Waals surface area contributed by atoms with E-state index in [9.17, 15) is 9.59 Å². The van der Waals surface area contributed by atoms with Crippen molar-refractivity contribution in [2.24, 2.45) is 0 Å². The van der Waals surface area contributed by atoms with Gasteiger partial charge in [-0.3, -0.25) is 9.59 Å². The van der Waals surface area contributed by atoms with Gasteiger partial charge in [-0.2, -0.15) is 0 Å². The quantitative estimate of drug-likeness (QED) is 0.719. The Bertz CT molecular complexity index is 392. The molecule has 0 saturated carbocycles. The molecule has 0 aromatic rings. The summed E-state index contributed by atoms with van der Waals surface area (Å²) in [6.07, 6.45) is 15.3. The third kappa shape index (κ3) is 2.89. The molecule has 0 unspecified atom stereocenters. The number of carbonyl (C=O) groups excluding carboxylic acids is 2. The summed E-state index contributed by atoms with van der Waals surface area (Å²) in [6.45, 7) is 0. The van der Waals surface area contributed by atoms with E-state index < -0.39 is 0 Å². The molecule has 2 aliphatic carbocycles. The largest absolute Gasteiger partial charge is 0.294 e. The highest BCUT2D eigenvalue weighted by Crippen LogP contribution is 2.18. The van der Waals surface area contributed by atoms with Gasteiger partial charge in [0.1, 0.15) is 0 Å². The second-order valence-corrected chi connectivity index (χ2v) is 3.88. The Labute approximate surface area is 95.0 Å². The minimum absolute atomic E-state index is 0.127. The fraction of sp³-hybridized carbons (Fsp3) is 0.286. The van der Waals surface area contributed by atoms with Gasteiger partial charge in [-0.1, -0.05) is 12.2 Å². The van der Waals surface area contributed by atoms with E-state index in [4.69, 9.17) is 0 Å². The van der Waals surface area contributed by atoms with Crippen molar-refractivity contribution in [3.05, 3.63) is 47.6 Å². The summed E-state index contributed by atoms with van der Waals surface area (Å²) < 4.78 is 0. The summed E-state index contributed by atoms with van der Waals surface area (Å²) >= 11 is 0. The minimum Gasteiger partial charge on any atom is -0.294 e. The highest BCUT2D eigenvalue weighted by molar-refractivity contribution is 5.93. The third-order valence-corrected chi connectivity index (χ3v) is 2.52. The number of hydrogen-bond acceptors (Lipinski definition) is 2. The van der Waals surface area contributed by atoms with Gasteiger partial charge >= 0.3 is 0 Å². The molecule has 0 aliphatic heterocycles. The van der Waals surface area contributed by atoms with E-state index in [0.717, 1.165) is 24.0 Å². The fourth-order valence-electron chi connectivity index (χ4n) is 1.71. The second kappa shape index (κ2) is 4.88. The van der Waals surface area contributed by atoms with Gasteiger partial charge in [0.25, 0.3) is 0 Å². The van der Waals surface area contributed by atoms with Crippen molar-refractivity contribution in [2.75, 3.05) is 0 Å². The standard InChI is InChI=1S/C14H12O2/c15-13-5-1-3-11(9-13)7-8-12-4-2-6-14(16)10-12/h1-2,9-10H,5-8H2. The SMILES string of the molecule is O=C1C=C(CCC2=CC(=O)CC=[C]2)[C]=CC1. The van der Waals surface area contributed by atoms with Crippen molar-refractivity contribution in [2.45, 2.75) is 25.7 Å². The highest BCUT2D eigenvalue weighted by Gasteiger charge is 2.08. The molecule has 16 heavy (non-hydrogen) atoms. The number of allylic oxidation sites excluding steroid dienone is 8. The van der Waals surface area contributed by atoms with Crippen LogP contribution < -0.4 is 0 Å². The second-order valence-electron chi connectivity index (χ2n) is 3.88. The Balaban J connectivity index is 1.93. The van der Waals surface area contributed by atoms with Gasteiger partial charge in [0.15, 0.2) is 11.6 Å². The summed E-state index contributed by atoms with van der Waals surface area (Å²) in [5.41, 5.74) is 1.83. The number of hydrogen-bond donors (Lipinski definition) is 0. The zero-order chi connectivity index (χ0) is 11.4. The van der Waals surface area contributed by atoms with E-state index in [0.29, 0.717) is 12.8 Å². The van der Waals surface area contributed by atoms with E-state index in [1.807, 2.05) is 0 Å². The molecule has 0 aromatic carbocycles. The molecule has 0 saturated heterocycles. The van der Waals surface area contributed by atoms with Crippen LogP contribution >= 0.6 is 0 Å². The van der Waals surface area contributed by atoms with Gasteiger partial charge in [-0.15, -0.1) is 0 Å². The van der Waals surface area contributed by atoms with Crippen molar-refractivity contribution < 1.29 is 9.59 Å². The molecule has 2 nitrogen and oxygen atoms in total. The Kier molecular flexibility index (Phi) is 3.30. The van der Waals surface area contributed by atoms with Gasteiger partial charge in [0.05, 0.1) is 0 Å². The maximum absolute atomic E-state index is 11.1. The van der Waals surface area contributed by atoms with Crippen molar-refractivity contribution in [1.82, 2.24) is 0 Å². The van der Waals surface area contributed by atoms with Crippen LogP contribution in [0.5, 0.6) is 0 Å². The smallest absolute Gasteiger partial charge is 0.159 e. The van der Waals surface area contributed by atoms with E-state index in [1.165, 1.54) is 0 Å². The third-order valence-electron chi connectivity index (χ3n) is 2.52. The Morgan fingerprint density at radius 3 is 1.69 bits per heavy atom. The molecule has 0 bridgehead atoms. The van der Waals surface area contributed by atoms with E-state index >= 15 is 0 Å². The lowest BCUT2D eigenvalue weighted by Gasteiger charge is -2.07. The first-order valence-corrected chi connectivity index (χ1v) is 5.37. The molecule has 0 fully saturated rings. The van der Waals surface area contributed by atoms with Crippen molar-refractivity contribution in [3.8, 4) is 0 Å². The molecule has 0 spiro atoms. The highest BCUT2D eigenvalue weighted by atomic mass is 16.1. The predicted molar refractivity (Wildman–Crippen MR) is 60.3 cm³/mol. The van der Waals surface area contributed by atoms with Gasteiger partial charge in [-0.25, -0.2) is 0 Å². The van der Waals surface area contributed by atoms with Crippen LogP contribution in [0.4, 0.5) is 0 Å². The summed E-state index contributed by atoms with van der Waals surface area (Å²) in [4.78, 5) is 22.3. The molecule has 2 heteroatoms. The molecular formula is C14H12O2. The molecule has 0 amide bonds. The molecule has 0 atom stereocenters. The van der Waals surface area contributed by atoms with Crippen LogP contribution in [0.15, 0.2) is 35.5 Å². The van der Waals surface area contributed by atoms with Gasteiger partial charge in [0, 0.05) is 12.8 Å². The van der Waals surface area contributed by atoms with E-state index in [2.05, 4.69) is 12.2 Å². The lowest BCUT2D eigenvalue weighted by Crippen LogP contribution is -2.00. The maximum Gasteiger partial charge on any atom is 0.159 e. The molecule has 0 heterocycles. The Morgan fingerprint density at radius 1 is 0.875 bits per heavy atom. The van der Waals surface area contributed by atoms with Crippen LogP contribution in [-0.4, -0.2) is 11.6 Å². The van der Waals surface area contributed by atoms with Crippen molar-refractivity contribution in [3.63, 3.8) is 0 Å². The first-order valence-electron chi connectivity index (χ1n) is 5.37. The minimum atomic E-state index is 0.127. The molecule has 2 radical (unpaired) electrons. The predicted octanol–water partition coefficient (Wildman–Crippen LogP) is 2.28.